The van der Waals surface area contributed by atoms with Crippen molar-refractivity contribution in [1.29, 1.82) is 0 Å². The fourth-order valence-corrected chi connectivity index (χ4v) is 1.59. The van der Waals surface area contributed by atoms with E-state index in [1.165, 1.54) is 0 Å². The molecule has 12 heavy (non-hydrogen) atoms. The lowest BCUT2D eigenvalue weighted by molar-refractivity contribution is -0.132. The summed E-state index contributed by atoms with van der Waals surface area (Å²) >= 11 is 0. The molecule has 2 rings (SSSR count). The number of aliphatic carboxylic acids is 1. The van der Waals surface area contributed by atoms with Gasteiger partial charge in [-0.05, 0) is 12.5 Å². The Morgan fingerprint density at radius 3 is 3.25 bits per heavy atom. The van der Waals surface area contributed by atoms with Gasteiger partial charge in [-0.15, -0.1) is 0 Å². The highest BCUT2D eigenvalue weighted by Gasteiger charge is 2.27. The molecule has 0 saturated carbocycles. The summed E-state index contributed by atoms with van der Waals surface area (Å²) in [4.78, 5) is 10.7. The fraction of sp³-hybridized carbons (Fsp3) is 0.375. The van der Waals surface area contributed by atoms with E-state index in [-0.39, 0.29) is 0 Å². The van der Waals surface area contributed by atoms with Gasteiger partial charge < -0.3 is 10.5 Å². The Morgan fingerprint density at radius 2 is 2.50 bits per heavy atom. The number of allylic oxidation sites excluding steroid dienone is 1. The van der Waals surface area contributed by atoms with Crippen molar-refractivity contribution in [3.05, 3.63) is 23.4 Å². The van der Waals surface area contributed by atoms with Crippen LogP contribution in [-0.2, 0) is 4.79 Å². The molecule has 1 heterocycles. The Bertz CT molecular complexity index is 281. The van der Waals surface area contributed by atoms with Crippen molar-refractivity contribution in [1.82, 2.24) is 10.9 Å². The van der Waals surface area contributed by atoms with Crippen molar-refractivity contribution in [3.63, 3.8) is 0 Å². The van der Waals surface area contributed by atoms with E-state index in [1.807, 2.05) is 6.08 Å². The molecular formula is C8H10N2O2. The number of carboxylic acid groups (broad SMARTS) is 1. The Balaban J connectivity index is 2.38. The van der Waals surface area contributed by atoms with Crippen molar-refractivity contribution >= 4 is 5.97 Å². The molecule has 3 N–H and O–H groups in total. The van der Waals surface area contributed by atoms with Crippen LogP contribution in [0.5, 0.6) is 0 Å². The lowest BCUT2D eigenvalue weighted by Gasteiger charge is -2.13. The van der Waals surface area contributed by atoms with Gasteiger partial charge >= 0.3 is 5.97 Å². The number of carbonyl (C=O) groups is 1. The van der Waals surface area contributed by atoms with Crippen molar-refractivity contribution in [2.24, 2.45) is 5.92 Å². The smallest absolute Gasteiger partial charge is 0.337 e. The molecule has 4 nitrogen and oxygen atoms in total. The first-order valence-corrected chi connectivity index (χ1v) is 3.92. The Kier molecular flexibility index (Phi) is 1.62. The summed E-state index contributed by atoms with van der Waals surface area (Å²) in [6, 6.07) is 0. The van der Waals surface area contributed by atoms with E-state index in [4.69, 9.17) is 5.11 Å². The standard InChI is InChI=1S/C8H10N2O2/c11-8(12)6-3-1-2-5-4-9-10-7(5)6/h1,3,5,9-10H,2,4H2,(H,11,12). The van der Waals surface area contributed by atoms with Crippen LogP contribution in [0.25, 0.3) is 0 Å². The van der Waals surface area contributed by atoms with E-state index in [0.29, 0.717) is 11.5 Å². The Labute approximate surface area is 69.9 Å². The summed E-state index contributed by atoms with van der Waals surface area (Å²) in [7, 11) is 0. The van der Waals surface area contributed by atoms with Crippen molar-refractivity contribution in [2.45, 2.75) is 6.42 Å². The molecule has 0 aromatic carbocycles. The minimum absolute atomic E-state index is 0.320. The second-order valence-corrected chi connectivity index (χ2v) is 2.97. The molecule has 0 bridgehead atoms. The van der Waals surface area contributed by atoms with Gasteiger partial charge in [0, 0.05) is 18.2 Å². The van der Waals surface area contributed by atoms with Gasteiger partial charge in [-0.3, -0.25) is 0 Å². The maximum atomic E-state index is 10.7. The number of rotatable bonds is 1. The molecule has 0 aromatic rings. The van der Waals surface area contributed by atoms with Crippen molar-refractivity contribution in [3.8, 4) is 0 Å². The molecule has 2 aliphatic rings. The van der Waals surface area contributed by atoms with E-state index in [9.17, 15) is 4.79 Å². The van der Waals surface area contributed by atoms with E-state index in [1.54, 1.807) is 6.08 Å². The number of hydrogen-bond donors (Lipinski definition) is 3. The van der Waals surface area contributed by atoms with Gasteiger partial charge in [-0.1, -0.05) is 6.08 Å². The third-order valence-corrected chi connectivity index (χ3v) is 2.21. The van der Waals surface area contributed by atoms with Crippen LogP contribution in [0.2, 0.25) is 0 Å². The summed E-state index contributed by atoms with van der Waals surface area (Å²) in [5.74, 6) is -0.539. The van der Waals surface area contributed by atoms with E-state index in [2.05, 4.69) is 10.9 Å². The molecule has 64 valence electrons. The second kappa shape index (κ2) is 2.64. The third-order valence-electron chi connectivity index (χ3n) is 2.21. The summed E-state index contributed by atoms with van der Waals surface area (Å²) in [6.07, 6.45) is 4.49. The van der Waals surface area contributed by atoms with Gasteiger partial charge in [0.1, 0.15) is 0 Å². The highest BCUT2D eigenvalue weighted by molar-refractivity contribution is 5.91. The van der Waals surface area contributed by atoms with E-state index < -0.39 is 5.97 Å². The van der Waals surface area contributed by atoms with Gasteiger partial charge in [0.05, 0.1) is 5.57 Å². The van der Waals surface area contributed by atoms with Crippen LogP contribution in [0.15, 0.2) is 23.4 Å². The predicted octanol–water partition coefficient (Wildman–Crippen LogP) is 0.00900. The molecule has 1 unspecified atom stereocenters. The van der Waals surface area contributed by atoms with Crippen LogP contribution >= 0.6 is 0 Å². The normalized spacial score (nSPS) is 26.8. The predicted molar refractivity (Wildman–Crippen MR) is 43.0 cm³/mol. The van der Waals surface area contributed by atoms with Crippen LogP contribution < -0.4 is 10.9 Å². The van der Waals surface area contributed by atoms with Gasteiger partial charge in [0.2, 0.25) is 0 Å². The van der Waals surface area contributed by atoms with E-state index in [0.717, 1.165) is 18.7 Å². The van der Waals surface area contributed by atoms with Crippen LogP contribution in [-0.4, -0.2) is 17.6 Å². The number of hydrogen-bond acceptors (Lipinski definition) is 3. The first-order valence-electron chi connectivity index (χ1n) is 3.92. The molecule has 4 heteroatoms. The largest absolute Gasteiger partial charge is 0.478 e. The quantitative estimate of drug-likeness (QED) is 0.513. The lowest BCUT2D eigenvalue weighted by atomic mass is 9.94. The van der Waals surface area contributed by atoms with Crippen LogP contribution in [0.1, 0.15) is 6.42 Å². The summed E-state index contributed by atoms with van der Waals surface area (Å²) in [6.45, 7) is 0.816. The summed E-state index contributed by atoms with van der Waals surface area (Å²) in [5.41, 5.74) is 7.03. The van der Waals surface area contributed by atoms with Crippen LogP contribution in [0.4, 0.5) is 0 Å². The SMILES string of the molecule is O=C(O)C1=C2NNCC2CC=C1. The fourth-order valence-electron chi connectivity index (χ4n) is 1.59. The Hall–Kier alpha value is -1.29. The molecule has 0 spiro atoms. The summed E-state index contributed by atoms with van der Waals surface area (Å²) < 4.78 is 0. The summed E-state index contributed by atoms with van der Waals surface area (Å²) in [5, 5.41) is 8.81. The zero-order valence-electron chi connectivity index (χ0n) is 6.50. The molecule has 1 fully saturated rings. The minimum atomic E-state index is -0.859. The lowest BCUT2D eigenvalue weighted by Crippen LogP contribution is -2.22. The molecule has 1 saturated heterocycles. The number of carboxylic acids is 1. The maximum Gasteiger partial charge on any atom is 0.337 e. The first kappa shape index (κ1) is 7.36. The number of nitrogens with one attached hydrogen (secondary N) is 2. The molecule has 0 aromatic heterocycles. The molecule has 0 radical (unpaired) electrons. The third kappa shape index (κ3) is 1.00. The number of fused-ring (bicyclic) bond motifs is 1. The Morgan fingerprint density at radius 1 is 1.67 bits per heavy atom. The molecular weight excluding hydrogens is 156 g/mol. The van der Waals surface area contributed by atoms with Crippen LogP contribution in [0, 0.1) is 5.92 Å². The van der Waals surface area contributed by atoms with Gasteiger partial charge in [0.15, 0.2) is 0 Å². The first-order chi connectivity index (χ1) is 5.79. The van der Waals surface area contributed by atoms with Crippen LogP contribution in [0.3, 0.4) is 0 Å². The average Bonchev–Trinajstić information content (AvgIpc) is 2.49. The zero-order valence-corrected chi connectivity index (χ0v) is 6.50. The topological polar surface area (TPSA) is 61.4 Å². The van der Waals surface area contributed by atoms with Crippen molar-refractivity contribution < 1.29 is 9.90 Å². The van der Waals surface area contributed by atoms with Gasteiger partial charge in [-0.2, -0.15) is 0 Å². The van der Waals surface area contributed by atoms with Gasteiger partial charge in [0.25, 0.3) is 0 Å². The van der Waals surface area contributed by atoms with Gasteiger partial charge in [-0.25, -0.2) is 10.2 Å². The maximum absolute atomic E-state index is 10.7. The molecule has 0 amide bonds. The monoisotopic (exact) mass is 166 g/mol. The second-order valence-electron chi connectivity index (χ2n) is 2.97. The zero-order chi connectivity index (χ0) is 8.55. The van der Waals surface area contributed by atoms with Crippen molar-refractivity contribution in [2.75, 3.05) is 6.54 Å². The minimum Gasteiger partial charge on any atom is -0.478 e. The number of hydrazine groups is 1. The highest BCUT2D eigenvalue weighted by atomic mass is 16.4. The molecule has 1 aliphatic heterocycles. The highest BCUT2D eigenvalue weighted by Crippen LogP contribution is 2.25. The molecule has 1 aliphatic carbocycles. The van der Waals surface area contributed by atoms with E-state index >= 15 is 0 Å². The molecule has 1 atom stereocenters. The average molecular weight is 166 g/mol.